The van der Waals surface area contributed by atoms with Crippen LogP contribution in [0.3, 0.4) is 0 Å². The van der Waals surface area contributed by atoms with Gasteiger partial charge < -0.3 is 10.6 Å². The lowest BCUT2D eigenvalue weighted by Gasteiger charge is -2.35. The molecular weight excluding hydrogens is 297 g/mol. The molecule has 1 heterocycles. The molecule has 6 heteroatoms. The Bertz CT molecular complexity index is 485. The van der Waals surface area contributed by atoms with Crippen molar-refractivity contribution < 1.29 is 4.79 Å². The molecule has 0 aromatic heterocycles. The van der Waals surface area contributed by atoms with Crippen LogP contribution in [0.4, 0.5) is 0 Å². The lowest BCUT2D eigenvalue weighted by molar-refractivity contribution is -0.134. The van der Waals surface area contributed by atoms with Crippen LogP contribution in [0.1, 0.15) is 12.5 Å². The maximum atomic E-state index is 11.8. The summed E-state index contributed by atoms with van der Waals surface area (Å²) in [5.74, 6) is 0.0189. The van der Waals surface area contributed by atoms with Gasteiger partial charge >= 0.3 is 0 Å². The molecule has 110 valence electrons. The molecule has 0 bridgehead atoms. The average molecular weight is 316 g/mol. The smallest absolute Gasteiger partial charge is 0.239 e. The number of nitrogens with zero attached hydrogens (tertiary/aromatic N) is 2. The molecule has 20 heavy (non-hydrogen) atoms. The third-order valence-electron chi connectivity index (χ3n) is 3.50. The van der Waals surface area contributed by atoms with Gasteiger partial charge in [0.15, 0.2) is 0 Å². The van der Waals surface area contributed by atoms with Crippen LogP contribution in [0.15, 0.2) is 18.2 Å². The molecule has 0 spiro atoms. The van der Waals surface area contributed by atoms with E-state index >= 15 is 0 Å². The van der Waals surface area contributed by atoms with Crippen LogP contribution in [0, 0.1) is 0 Å². The van der Waals surface area contributed by atoms with Crippen molar-refractivity contribution in [2.24, 2.45) is 5.73 Å². The van der Waals surface area contributed by atoms with E-state index in [4.69, 9.17) is 28.9 Å². The fourth-order valence-electron chi connectivity index (χ4n) is 2.33. The summed E-state index contributed by atoms with van der Waals surface area (Å²) in [4.78, 5) is 15.9. The third kappa shape index (κ3) is 3.64. The number of halogens is 2. The number of nitrogens with two attached hydrogens (primary N) is 1. The van der Waals surface area contributed by atoms with Crippen molar-refractivity contribution >= 4 is 29.1 Å². The van der Waals surface area contributed by atoms with Crippen LogP contribution in [0.2, 0.25) is 10.0 Å². The van der Waals surface area contributed by atoms with Crippen molar-refractivity contribution in [3.8, 4) is 0 Å². The lowest BCUT2D eigenvalue weighted by Crippen LogP contribution is -2.52. The Labute approximate surface area is 129 Å². The highest BCUT2D eigenvalue weighted by atomic mass is 35.5. The number of rotatable bonds is 3. The largest absolute Gasteiger partial charge is 0.339 e. The molecular formula is C14H19Cl2N3O. The molecule has 1 saturated heterocycles. The van der Waals surface area contributed by atoms with E-state index in [-0.39, 0.29) is 5.91 Å². The molecule has 1 atom stereocenters. The maximum absolute atomic E-state index is 11.8. The number of piperazine rings is 1. The number of benzene rings is 1. The average Bonchev–Trinajstić information content (AvgIpc) is 2.44. The van der Waals surface area contributed by atoms with Gasteiger partial charge in [-0.25, -0.2) is 0 Å². The van der Waals surface area contributed by atoms with E-state index in [1.54, 1.807) is 13.0 Å². The number of amides is 1. The molecule has 1 aromatic carbocycles. The van der Waals surface area contributed by atoms with Crippen molar-refractivity contribution in [2.75, 3.05) is 26.2 Å². The molecule has 1 aromatic rings. The van der Waals surface area contributed by atoms with E-state index in [0.29, 0.717) is 23.1 Å². The molecule has 0 aliphatic carbocycles. The Balaban J connectivity index is 1.92. The highest BCUT2D eigenvalue weighted by Crippen LogP contribution is 2.26. The zero-order valence-corrected chi connectivity index (χ0v) is 13.0. The summed E-state index contributed by atoms with van der Waals surface area (Å²) in [6.07, 6.45) is 0. The zero-order valence-electron chi connectivity index (χ0n) is 11.5. The molecule has 1 amide bonds. The number of hydrogen-bond donors (Lipinski definition) is 1. The van der Waals surface area contributed by atoms with Gasteiger partial charge in [-0.05, 0) is 18.6 Å². The topological polar surface area (TPSA) is 49.6 Å². The fraction of sp³-hybridized carbons (Fsp3) is 0.500. The van der Waals surface area contributed by atoms with Crippen molar-refractivity contribution in [1.82, 2.24) is 9.80 Å². The predicted molar refractivity (Wildman–Crippen MR) is 82.0 cm³/mol. The first kappa shape index (κ1) is 15.6. The standard InChI is InChI=1S/C14H19Cl2N3O/c1-10(17)14(20)19-7-5-18(6-8-19)9-11-3-2-4-12(15)13(11)16/h2-4,10H,5-9,17H2,1H3/t10-/m1/s1. The Morgan fingerprint density at radius 2 is 1.95 bits per heavy atom. The van der Waals surface area contributed by atoms with Gasteiger partial charge in [0.25, 0.3) is 0 Å². The van der Waals surface area contributed by atoms with Gasteiger partial charge in [-0.1, -0.05) is 35.3 Å². The monoisotopic (exact) mass is 315 g/mol. The number of hydrogen-bond acceptors (Lipinski definition) is 3. The van der Waals surface area contributed by atoms with E-state index in [1.807, 2.05) is 17.0 Å². The lowest BCUT2D eigenvalue weighted by atomic mass is 10.2. The molecule has 0 saturated carbocycles. The SMILES string of the molecule is C[C@@H](N)C(=O)N1CCN(Cc2cccc(Cl)c2Cl)CC1. The Kier molecular flexibility index (Phi) is 5.27. The van der Waals surface area contributed by atoms with E-state index in [0.717, 1.165) is 25.2 Å². The molecule has 1 aliphatic rings. The predicted octanol–water partition coefficient (Wildman–Crippen LogP) is 1.98. The summed E-state index contributed by atoms with van der Waals surface area (Å²) in [7, 11) is 0. The summed E-state index contributed by atoms with van der Waals surface area (Å²) < 4.78 is 0. The van der Waals surface area contributed by atoms with Crippen LogP contribution >= 0.6 is 23.2 Å². The van der Waals surface area contributed by atoms with Crippen molar-refractivity contribution in [3.05, 3.63) is 33.8 Å². The minimum Gasteiger partial charge on any atom is -0.339 e. The second kappa shape index (κ2) is 6.76. The van der Waals surface area contributed by atoms with Crippen LogP contribution in [0.25, 0.3) is 0 Å². The molecule has 0 unspecified atom stereocenters. The normalized spacial score (nSPS) is 18.1. The minimum absolute atomic E-state index is 0.0189. The molecule has 4 nitrogen and oxygen atoms in total. The Morgan fingerprint density at radius 3 is 2.55 bits per heavy atom. The third-order valence-corrected chi connectivity index (χ3v) is 4.36. The highest BCUT2D eigenvalue weighted by Gasteiger charge is 2.23. The molecule has 2 rings (SSSR count). The molecule has 1 aliphatic heterocycles. The van der Waals surface area contributed by atoms with Crippen LogP contribution in [0.5, 0.6) is 0 Å². The van der Waals surface area contributed by atoms with Crippen LogP contribution in [-0.4, -0.2) is 47.9 Å². The van der Waals surface area contributed by atoms with Crippen molar-refractivity contribution in [2.45, 2.75) is 19.5 Å². The second-order valence-corrected chi connectivity index (χ2v) is 5.89. The summed E-state index contributed by atoms with van der Waals surface area (Å²) in [5, 5.41) is 1.19. The summed E-state index contributed by atoms with van der Waals surface area (Å²) in [5.41, 5.74) is 6.64. The number of carbonyl (C=O) groups is 1. The minimum atomic E-state index is -0.427. The highest BCUT2D eigenvalue weighted by molar-refractivity contribution is 6.42. The molecule has 1 fully saturated rings. The van der Waals surface area contributed by atoms with Gasteiger partial charge in [0.1, 0.15) is 0 Å². The van der Waals surface area contributed by atoms with Crippen LogP contribution < -0.4 is 5.73 Å². The second-order valence-electron chi connectivity index (χ2n) is 5.10. The van der Waals surface area contributed by atoms with Gasteiger partial charge in [0.2, 0.25) is 5.91 Å². The molecule has 0 radical (unpaired) electrons. The molecule has 2 N–H and O–H groups in total. The van der Waals surface area contributed by atoms with Gasteiger partial charge in [0, 0.05) is 32.7 Å². The van der Waals surface area contributed by atoms with Gasteiger partial charge in [-0.2, -0.15) is 0 Å². The zero-order chi connectivity index (χ0) is 14.7. The first-order valence-electron chi connectivity index (χ1n) is 6.68. The number of carbonyl (C=O) groups excluding carboxylic acids is 1. The van der Waals surface area contributed by atoms with Crippen molar-refractivity contribution in [1.29, 1.82) is 0 Å². The van der Waals surface area contributed by atoms with E-state index < -0.39 is 6.04 Å². The summed E-state index contributed by atoms with van der Waals surface area (Å²) in [6, 6.07) is 5.24. The Morgan fingerprint density at radius 1 is 1.30 bits per heavy atom. The summed E-state index contributed by atoms with van der Waals surface area (Å²) >= 11 is 12.2. The summed E-state index contributed by atoms with van der Waals surface area (Å²) in [6.45, 7) is 5.53. The quantitative estimate of drug-likeness (QED) is 0.928. The Hall–Kier alpha value is -0.810. The van der Waals surface area contributed by atoms with Gasteiger partial charge in [-0.3, -0.25) is 9.69 Å². The van der Waals surface area contributed by atoms with E-state index in [1.165, 1.54) is 0 Å². The van der Waals surface area contributed by atoms with Gasteiger partial charge in [0.05, 0.1) is 16.1 Å². The van der Waals surface area contributed by atoms with Crippen LogP contribution in [-0.2, 0) is 11.3 Å². The first-order valence-corrected chi connectivity index (χ1v) is 7.44. The van der Waals surface area contributed by atoms with Gasteiger partial charge in [-0.15, -0.1) is 0 Å². The van der Waals surface area contributed by atoms with E-state index in [2.05, 4.69) is 4.90 Å². The van der Waals surface area contributed by atoms with E-state index in [9.17, 15) is 4.79 Å². The fourth-order valence-corrected chi connectivity index (χ4v) is 2.71. The first-order chi connectivity index (χ1) is 9.49. The van der Waals surface area contributed by atoms with Crippen molar-refractivity contribution in [3.63, 3.8) is 0 Å². The maximum Gasteiger partial charge on any atom is 0.239 e.